The molecule has 34 heavy (non-hydrogen) atoms. The minimum atomic E-state index is 1.24. The summed E-state index contributed by atoms with van der Waals surface area (Å²) in [4.78, 5) is 0. The maximum absolute atomic E-state index is 2.36. The van der Waals surface area contributed by atoms with Gasteiger partial charge >= 0.3 is 0 Å². The number of quaternary nitrogens is 1. The molecule has 0 aliphatic carbocycles. The molecule has 1 nitrogen and oxygen atoms in total. The first kappa shape index (κ1) is 31.2. The number of benzene rings is 1. The van der Waals surface area contributed by atoms with Gasteiger partial charge in [-0.1, -0.05) is 141 Å². The summed E-state index contributed by atoms with van der Waals surface area (Å²) in [6, 6.07) is 11.3. The van der Waals surface area contributed by atoms with Crippen molar-refractivity contribution in [2.75, 3.05) is 19.6 Å². The molecule has 1 aromatic rings. The van der Waals surface area contributed by atoms with Gasteiger partial charge in [0.1, 0.15) is 6.54 Å². The van der Waals surface area contributed by atoms with E-state index in [0.717, 1.165) is 0 Å². The lowest BCUT2D eigenvalue weighted by Gasteiger charge is -2.39. The predicted molar refractivity (Wildman–Crippen MR) is 154 cm³/mol. The Labute approximate surface area is 215 Å². The molecule has 0 N–H and O–H groups in total. The summed E-state index contributed by atoms with van der Waals surface area (Å²) >= 11 is 0. The third-order valence-corrected chi connectivity index (χ3v) is 7.82. The van der Waals surface area contributed by atoms with Gasteiger partial charge < -0.3 is 4.48 Å². The van der Waals surface area contributed by atoms with Crippen molar-refractivity contribution in [2.24, 2.45) is 0 Å². The molecule has 0 aromatic heterocycles. The SMILES string of the molecule is CCCCCCCCCCCCCCCC[N+](CCCCC)(CCCCC)Cc1ccccc1. The van der Waals surface area contributed by atoms with Gasteiger partial charge in [0.05, 0.1) is 19.6 Å². The van der Waals surface area contributed by atoms with Crippen LogP contribution < -0.4 is 0 Å². The third-order valence-electron chi connectivity index (χ3n) is 7.82. The van der Waals surface area contributed by atoms with Crippen LogP contribution in [0.2, 0.25) is 0 Å². The molecule has 0 saturated heterocycles. The summed E-state index contributed by atoms with van der Waals surface area (Å²) in [5.41, 5.74) is 1.54. The number of rotatable bonds is 25. The van der Waals surface area contributed by atoms with Crippen molar-refractivity contribution in [1.82, 2.24) is 0 Å². The number of nitrogens with zero attached hydrogens (tertiary/aromatic N) is 1. The van der Waals surface area contributed by atoms with E-state index >= 15 is 0 Å². The molecule has 0 radical (unpaired) electrons. The van der Waals surface area contributed by atoms with Crippen LogP contribution in [0.15, 0.2) is 30.3 Å². The van der Waals surface area contributed by atoms with Gasteiger partial charge in [-0.15, -0.1) is 0 Å². The van der Waals surface area contributed by atoms with Crippen molar-refractivity contribution in [3.63, 3.8) is 0 Å². The van der Waals surface area contributed by atoms with Gasteiger partial charge in [-0.2, -0.15) is 0 Å². The quantitative estimate of drug-likeness (QED) is 0.0980. The average molecular weight is 473 g/mol. The molecule has 1 aromatic carbocycles. The summed E-state index contributed by atoms with van der Waals surface area (Å²) in [6.07, 6.45) is 28.6. The Morgan fingerprint density at radius 2 is 0.735 bits per heavy atom. The van der Waals surface area contributed by atoms with Gasteiger partial charge in [0.25, 0.3) is 0 Å². The van der Waals surface area contributed by atoms with E-state index in [1.54, 1.807) is 5.56 Å². The van der Waals surface area contributed by atoms with Gasteiger partial charge in [0.2, 0.25) is 0 Å². The first-order valence-electron chi connectivity index (χ1n) is 15.7. The van der Waals surface area contributed by atoms with Crippen LogP contribution in [0.5, 0.6) is 0 Å². The van der Waals surface area contributed by atoms with E-state index in [1.807, 2.05) is 0 Å². The summed E-state index contributed by atoms with van der Waals surface area (Å²) in [5, 5.41) is 0. The lowest BCUT2D eigenvalue weighted by molar-refractivity contribution is -0.941. The topological polar surface area (TPSA) is 0 Å². The van der Waals surface area contributed by atoms with E-state index in [-0.39, 0.29) is 0 Å². The largest absolute Gasteiger partial charge is 0.320 e. The molecule has 0 aliphatic rings. The van der Waals surface area contributed by atoms with Crippen LogP contribution >= 0.6 is 0 Å². The maximum Gasteiger partial charge on any atom is 0.104 e. The highest BCUT2D eigenvalue weighted by Gasteiger charge is 2.26. The van der Waals surface area contributed by atoms with Crippen LogP contribution in [0.1, 0.15) is 155 Å². The minimum absolute atomic E-state index is 1.24. The van der Waals surface area contributed by atoms with E-state index in [0.29, 0.717) is 0 Å². The van der Waals surface area contributed by atoms with Crippen molar-refractivity contribution < 1.29 is 4.48 Å². The highest BCUT2D eigenvalue weighted by Crippen LogP contribution is 2.22. The lowest BCUT2D eigenvalue weighted by Crippen LogP contribution is -2.49. The second kappa shape index (κ2) is 22.6. The first-order chi connectivity index (χ1) is 16.8. The van der Waals surface area contributed by atoms with Crippen molar-refractivity contribution >= 4 is 0 Å². The van der Waals surface area contributed by atoms with E-state index < -0.39 is 0 Å². The predicted octanol–water partition coefficient (Wildman–Crippen LogP) is 10.9. The summed E-state index contributed by atoms with van der Waals surface area (Å²) in [7, 11) is 0. The van der Waals surface area contributed by atoms with Crippen LogP contribution in [0.25, 0.3) is 0 Å². The third kappa shape index (κ3) is 16.7. The van der Waals surface area contributed by atoms with E-state index in [1.165, 1.54) is 159 Å². The Bertz CT molecular complexity index is 513. The van der Waals surface area contributed by atoms with Gasteiger partial charge in [-0.25, -0.2) is 0 Å². The van der Waals surface area contributed by atoms with Crippen LogP contribution in [0.3, 0.4) is 0 Å². The molecule has 0 bridgehead atoms. The van der Waals surface area contributed by atoms with Crippen molar-refractivity contribution in [1.29, 1.82) is 0 Å². The fraction of sp³-hybridized carbons (Fsp3) is 0.818. The molecule has 1 heteroatoms. The maximum atomic E-state index is 2.36. The zero-order valence-electron chi connectivity index (χ0n) is 23.8. The smallest absolute Gasteiger partial charge is 0.104 e. The molecule has 0 spiro atoms. The molecule has 0 saturated carbocycles. The highest BCUT2D eigenvalue weighted by molar-refractivity contribution is 5.13. The number of hydrogen-bond donors (Lipinski definition) is 0. The molecule has 0 heterocycles. The number of unbranched alkanes of at least 4 members (excludes halogenated alkanes) is 17. The fourth-order valence-corrected chi connectivity index (χ4v) is 5.58. The molecule has 0 amide bonds. The summed E-state index contributed by atoms with van der Waals surface area (Å²) in [5.74, 6) is 0. The molecule has 0 fully saturated rings. The monoisotopic (exact) mass is 472 g/mol. The number of hydrogen-bond acceptors (Lipinski definition) is 0. The van der Waals surface area contributed by atoms with Gasteiger partial charge in [-0.05, 0) is 38.5 Å². The molecule has 0 aliphatic heterocycles. The minimum Gasteiger partial charge on any atom is -0.320 e. The van der Waals surface area contributed by atoms with E-state index in [9.17, 15) is 0 Å². The van der Waals surface area contributed by atoms with Crippen LogP contribution in [-0.2, 0) is 6.54 Å². The average Bonchev–Trinajstić information content (AvgIpc) is 2.85. The molecule has 198 valence electrons. The molecule has 0 unspecified atom stereocenters. The zero-order valence-corrected chi connectivity index (χ0v) is 23.8. The Hall–Kier alpha value is -0.820. The van der Waals surface area contributed by atoms with Gasteiger partial charge in [0.15, 0.2) is 0 Å². The zero-order chi connectivity index (χ0) is 24.6. The van der Waals surface area contributed by atoms with E-state index in [4.69, 9.17) is 0 Å². The van der Waals surface area contributed by atoms with E-state index in [2.05, 4.69) is 51.1 Å². The Kier molecular flexibility index (Phi) is 20.8. The Morgan fingerprint density at radius 3 is 1.15 bits per heavy atom. The molecule has 1 rings (SSSR count). The normalized spacial score (nSPS) is 11.9. The Balaban J connectivity index is 2.32. The van der Waals surface area contributed by atoms with Gasteiger partial charge in [0, 0.05) is 5.56 Å². The fourth-order valence-electron chi connectivity index (χ4n) is 5.58. The Morgan fingerprint density at radius 1 is 0.412 bits per heavy atom. The van der Waals surface area contributed by atoms with Crippen LogP contribution in [-0.4, -0.2) is 24.1 Å². The first-order valence-corrected chi connectivity index (χ1v) is 15.7. The van der Waals surface area contributed by atoms with Crippen LogP contribution in [0.4, 0.5) is 0 Å². The second-order valence-corrected chi connectivity index (χ2v) is 11.2. The lowest BCUT2D eigenvalue weighted by atomic mass is 10.0. The standard InChI is InChI=1S/C33H62N/c1-4-7-10-11-12-13-14-15-16-17-18-19-20-26-31-34(29-24-8-5-2,30-25-9-6-3)32-33-27-22-21-23-28-33/h21-23,27-28H,4-20,24-26,29-32H2,1-3H3/q+1. The summed E-state index contributed by atoms with van der Waals surface area (Å²) < 4.78 is 1.34. The molecular weight excluding hydrogens is 410 g/mol. The molecular formula is C33H62N+. The van der Waals surface area contributed by atoms with Gasteiger partial charge in [-0.3, -0.25) is 0 Å². The second-order valence-electron chi connectivity index (χ2n) is 11.2. The van der Waals surface area contributed by atoms with Crippen molar-refractivity contribution in [3.8, 4) is 0 Å². The molecule has 0 atom stereocenters. The van der Waals surface area contributed by atoms with Crippen LogP contribution in [0, 0.1) is 0 Å². The highest BCUT2D eigenvalue weighted by atomic mass is 15.3. The summed E-state index contributed by atoms with van der Waals surface area (Å²) in [6.45, 7) is 12.4. The van der Waals surface area contributed by atoms with Crippen molar-refractivity contribution in [2.45, 2.75) is 156 Å². The van der Waals surface area contributed by atoms with Crippen molar-refractivity contribution in [3.05, 3.63) is 35.9 Å².